The van der Waals surface area contributed by atoms with Gasteiger partial charge in [0, 0.05) is 12.2 Å². The zero-order valence-corrected chi connectivity index (χ0v) is 12.2. The largest absolute Gasteiger partial charge is 0.466 e. The van der Waals surface area contributed by atoms with E-state index >= 15 is 0 Å². The van der Waals surface area contributed by atoms with Gasteiger partial charge in [-0.15, -0.1) is 0 Å². The van der Waals surface area contributed by atoms with E-state index in [1.807, 2.05) is 0 Å². The number of ether oxygens (including phenoxy) is 2. The van der Waals surface area contributed by atoms with E-state index in [1.165, 1.54) is 30.3 Å². The SMILES string of the molecule is COC(=O)/C=C\C#Cc1ccccc1OC(=O)/C=C\Br. The normalized spacial score (nSPS) is 10.1. The van der Waals surface area contributed by atoms with Crippen molar-refractivity contribution >= 4 is 27.9 Å². The Morgan fingerprint density at radius 3 is 2.65 bits per heavy atom. The molecule has 0 amide bonds. The number of para-hydroxylation sites is 1. The van der Waals surface area contributed by atoms with Crippen LogP contribution in [0, 0.1) is 11.8 Å². The van der Waals surface area contributed by atoms with Crippen molar-refractivity contribution in [2.24, 2.45) is 0 Å². The van der Waals surface area contributed by atoms with Crippen LogP contribution in [0.5, 0.6) is 5.75 Å². The fraction of sp³-hybridized carbons (Fsp3) is 0.0667. The summed E-state index contributed by atoms with van der Waals surface area (Å²) in [6.45, 7) is 0. The second-order valence-electron chi connectivity index (χ2n) is 3.34. The molecule has 1 aromatic carbocycles. The second kappa shape index (κ2) is 8.73. The lowest BCUT2D eigenvalue weighted by atomic mass is 10.2. The lowest BCUT2D eigenvalue weighted by Gasteiger charge is -2.03. The number of rotatable bonds is 3. The summed E-state index contributed by atoms with van der Waals surface area (Å²) in [5.74, 6) is 4.80. The molecule has 102 valence electrons. The Morgan fingerprint density at radius 1 is 1.20 bits per heavy atom. The first-order valence-corrected chi connectivity index (χ1v) is 6.42. The predicted octanol–water partition coefficient (Wildman–Crippen LogP) is 2.58. The molecule has 0 aromatic heterocycles. The minimum Gasteiger partial charge on any atom is -0.466 e. The van der Waals surface area contributed by atoms with E-state index in [2.05, 4.69) is 32.5 Å². The predicted molar refractivity (Wildman–Crippen MR) is 78.2 cm³/mol. The third-order valence-corrected chi connectivity index (χ3v) is 2.27. The summed E-state index contributed by atoms with van der Waals surface area (Å²) < 4.78 is 9.54. The van der Waals surface area contributed by atoms with Crippen molar-refractivity contribution in [1.29, 1.82) is 0 Å². The average molecular weight is 335 g/mol. The quantitative estimate of drug-likeness (QED) is 0.369. The highest BCUT2D eigenvalue weighted by Crippen LogP contribution is 2.17. The molecule has 0 atom stereocenters. The van der Waals surface area contributed by atoms with Gasteiger partial charge in [0.2, 0.25) is 0 Å². The minimum absolute atomic E-state index is 0.349. The van der Waals surface area contributed by atoms with E-state index in [0.717, 1.165) is 0 Å². The summed E-state index contributed by atoms with van der Waals surface area (Å²) in [7, 11) is 1.28. The van der Waals surface area contributed by atoms with E-state index in [4.69, 9.17) is 4.74 Å². The molecule has 0 N–H and O–H groups in total. The van der Waals surface area contributed by atoms with Gasteiger partial charge in [-0.2, -0.15) is 0 Å². The zero-order chi connectivity index (χ0) is 14.8. The maximum atomic E-state index is 11.4. The Balaban J connectivity index is 2.86. The van der Waals surface area contributed by atoms with Crippen molar-refractivity contribution < 1.29 is 19.1 Å². The number of carbonyl (C=O) groups excluding carboxylic acids is 2. The minimum atomic E-state index is -0.513. The molecule has 1 rings (SSSR count). The summed E-state index contributed by atoms with van der Waals surface area (Å²) in [6.07, 6.45) is 3.80. The number of carbonyl (C=O) groups is 2. The summed E-state index contributed by atoms with van der Waals surface area (Å²) in [4.78, 5) is 23.6. The van der Waals surface area contributed by atoms with E-state index in [9.17, 15) is 9.59 Å². The van der Waals surface area contributed by atoms with Crippen LogP contribution in [0.3, 0.4) is 0 Å². The van der Waals surface area contributed by atoms with Gasteiger partial charge in [0.05, 0.1) is 12.7 Å². The number of hydrogen-bond donors (Lipinski definition) is 0. The molecule has 0 saturated carbocycles. The number of halogens is 1. The zero-order valence-electron chi connectivity index (χ0n) is 10.6. The van der Waals surface area contributed by atoms with Crippen LogP contribution < -0.4 is 4.74 Å². The lowest BCUT2D eigenvalue weighted by Crippen LogP contribution is -2.04. The van der Waals surface area contributed by atoms with Crippen molar-refractivity contribution in [1.82, 2.24) is 0 Å². The fourth-order valence-electron chi connectivity index (χ4n) is 1.15. The van der Waals surface area contributed by atoms with Gasteiger partial charge in [-0.1, -0.05) is 39.9 Å². The highest BCUT2D eigenvalue weighted by Gasteiger charge is 2.04. The van der Waals surface area contributed by atoms with Crippen molar-refractivity contribution in [2.45, 2.75) is 0 Å². The van der Waals surface area contributed by atoms with E-state index < -0.39 is 11.9 Å². The van der Waals surface area contributed by atoms with Crippen molar-refractivity contribution in [3.05, 3.63) is 53.0 Å². The standard InChI is InChI=1S/C15H11BrO4/c1-19-14(17)9-5-3-7-12-6-2-4-8-13(12)20-15(18)10-11-16/h2,4-6,8-11H,1H3/b9-5-,11-10-. The van der Waals surface area contributed by atoms with Gasteiger partial charge in [0.15, 0.2) is 0 Å². The topological polar surface area (TPSA) is 52.6 Å². The van der Waals surface area contributed by atoms with Crippen LogP contribution >= 0.6 is 15.9 Å². The van der Waals surface area contributed by atoms with Crippen LogP contribution in [0.15, 0.2) is 47.5 Å². The molecule has 0 bridgehead atoms. The molecular formula is C15H11BrO4. The Bertz CT molecular complexity index is 606. The van der Waals surface area contributed by atoms with Gasteiger partial charge in [0.25, 0.3) is 0 Å². The highest BCUT2D eigenvalue weighted by atomic mass is 79.9. The van der Waals surface area contributed by atoms with Crippen LogP contribution in [0.4, 0.5) is 0 Å². The summed E-state index contributed by atoms with van der Waals surface area (Å²) in [6, 6.07) is 6.84. The monoisotopic (exact) mass is 334 g/mol. The van der Waals surface area contributed by atoms with E-state index in [1.54, 1.807) is 24.3 Å². The third-order valence-electron chi connectivity index (χ3n) is 2.01. The lowest BCUT2D eigenvalue weighted by molar-refractivity contribution is -0.134. The first kappa shape index (κ1) is 15.7. The smallest absolute Gasteiger partial charge is 0.336 e. The highest BCUT2D eigenvalue weighted by molar-refractivity contribution is 9.11. The Labute approximate surface area is 125 Å². The molecule has 0 saturated heterocycles. The summed E-state index contributed by atoms with van der Waals surface area (Å²) >= 11 is 2.99. The van der Waals surface area contributed by atoms with Crippen LogP contribution in [-0.2, 0) is 14.3 Å². The van der Waals surface area contributed by atoms with Crippen LogP contribution in [0.25, 0.3) is 0 Å². The van der Waals surface area contributed by atoms with Gasteiger partial charge in [0.1, 0.15) is 5.75 Å². The molecule has 0 radical (unpaired) electrons. The molecule has 4 nitrogen and oxygen atoms in total. The second-order valence-corrected chi connectivity index (χ2v) is 3.86. The van der Waals surface area contributed by atoms with Crippen LogP contribution in [0.1, 0.15) is 5.56 Å². The molecule has 1 aromatic rings. The first-order chi connectivity index (χ1) is 9.67. The average Bonchev–Trinajstić information content (AvgIpc) is 2.45. The molecule has 0 unspecified atom stereocenters. The van der Waals surface area contributed by atoms with Crippen molar-refractivity contribution in [3.63, 3.8) is 0 Å². The van der Waals surface area contributed by atoms with Gasteiger partial charge in [-0.3, -0.25) is 0 Å². The Hall–Kier alpha value is -2.32. The summed E-state index contributed by atoms with van der Waals surface area (Å²) in [5.41, 5.74) is 0.540. The first-order valence-electron chi connectivity index (χ1n) is 5.51. The number of hydrogen-bond acceptors (Lipinski definition) is 4. The van der Waals surface area contributed by atoms with E-state index in [-0.39, 0.29) is 0 Å². The van der Waals surface area contributed by atoms with Crippen molar-refractivity contribution in [3.8, 4) is 17.6 Å². The molecule has 0 aliphatic heterocycles. The van der Waals surface area contributed by atoms with Gasteiger partial charge in [-0.05, 0) is 23.2 Å². The molecule has 5 heteroatoms. The molecule has 20 heavy (non-hydrogen) atoms. The number of methoxy groups -OCH3 is 1. The number of benzene rings is 1. The summed E-state index contributed by atoms with van der Waals surface area (Å²) in [5, 5.41) is 0. The molecule has 0 heterocycles. The Kier molecular flexibility index (Phi) is 6.87. The number of allylic oxidation sites excluding steroid dienone is 1. The fourth-order valence-corrected chi connectivity index (χ4v) is 1.37. The molecule has 0 fully saturated rings. The van der Waals surface area contributed by atoms with Crippen molar-refractivity contribution in [2.75, 3.05) is 7.11 Å². The van der Waals surface area contributed by atoms with Gasteiger partial charge in [-0.25, -0.2) is 9.59 Å². The van der Waals surface area contributed by atoms with E-state index in [0.29, 0.717) is 11.3 Å². The molecule has 0 spiro atoms. The maximum absolute atomic E-state index is 11.4. The Morgan fingerprint density at radius 2 is 1.95 bits per heavy atom. The third kappa shape index (κ3) is 5.55. The molecule has 0 aliphatic rings. The van der Waals surface area contributed by atoms with Crippen LogP contribution in [0.2, 0.25) is 0 Å². The van der Waals surface area contributed by atoms with Gasteiger partial charge < -0.3 is 9.47 Å². The van der Waals surface area contributed by atoms with Crippen LogP contribution in [-0.4, -0.2) is 19.0 Å². The molecule has 0 aliphatic carbocycles. The number of esters is 2. The molecular weight excluding hydrogens is 324 g/mol. The maximum Gasteiger partial charge on any atom is 0.336 e. The van der Waals surface area contributed by atoms with Gasteiger partial charge >= 0.3 is 11.9 Å².